The zero-order valence-electron chi connectivity index (χ0n) is 9.43. The van der Waals surface area contributed by atoms with Gasteiger partial charge in [0.15, 0.2) is 0 Å². The molecule has 0 aliphatic rings. The van der Waals surface area contributed by atoms with Gasteiger partial charge in [0, 0.05) is 29.6 Å². The predicted octanol–water partition coefficient (Wildman–Crippen LogP) is 1.16. The molecule has 0 spiro atoms. The van der Waals surface area contributed by atoms with E-state index in [9.17, 15) is 9.59 Å². The first kappa shape index (κ1) is 15.2. The van der Waals surface area contributed by atoms with E-state index in [1.54, 1.807) is 31.2 Å². The van der Waals surface area contributed by atoms with E-state index in [2.05, 4.69) is 4.74 Å². The van der Waals surface area contributed by atoms with Crippen LogP contribution in [0.3, 0.4) is 0 Å². The maximum Gasteiger partial charge on any atom is 0.322 e. The second-order valence-electron chi connectivity index (χ2n) is 2.77. The van der Waals surface area contributed by atoms with Gasteiger partial charge in [-0.1, -0.05) is 18.2 Å². The maximum absolute atomic E-state index is 11.2. The summed E-state index contributed by atoms with van der Waals surface area (Å²) < 4.78 is 9.50. The molecule has 1 radical (unpaired) electrons. The van der Waals surface area contributed by atoms with Crippen molar-refractivity contribution in [3.05, 3.63) is 30.3 Å². The Morgan fingerprint density at radius 3 is 2.31 bits per heavy atom. The summed E-state index contributed by atoms with van der Waals surface area (Å²) in [6.45, 7) is 1.94. The molecule has 0 aliphatic carbocycles. The summed E-state index contributed by atoms with van der Waals surface area (Å²) in [4.78, 5) is 22.1. The van der Waals surface area contributed by atoms with Gasteiger partial charge in [0.05, 0.1) is 6.61 Å². The van der Waals surface area contributed by atoms with Crippen LogP contribution >= 0.6 is 0 Å². The van der Waals surface area contributed by atoms with Crippen LogP contribution in [0, 0.1) is 0 Å². The molecule has 16 heavy (non-hydrogen) atoms. The zero-order valence-corrected chi connectivity index (χ0v) is 11.4. The molecule has 0 bridgehead atoms. The molecule has 0 saturated carbocycles. The number of para-hydroxylation sites is 1. The topological polar surface area (TPSA) is 52.6 Å². The molecule has 0 N–H and O–H groups in total. The fourth-order valence-electron chi connectivity index (χ4n) is 0.986. The Morgan fingerprint density at radius 1 is 1.12 bits per heavy atom. The third-order valence-corrected chi connectivity index (χ3v) is 1.57. The van der Waals surface area contributed by atoms with Gasteiger partial charge in [0.25, 0.3) is 0 Å². The molecule has 0 atom stereocenters. The number of benzene rings is 1. The predicted molar refractivity (Wildman–Crippen MR) is 59.1 cm³/mol. The summed E-state index contributed by atoms with van der Waals surface area (Å²) in [5.41, 5.74) is 0. The summed E-state index contributed by atoms with van der Waals surface area (Å²) in [6.07, 6.45) is -0.358. The Labute approximate surface area is 116 Å². The van der Waals surface area contributed by atoms with E-state index in [1.807, 2.05) is 6.07 Å². The molecule has 0 unspecified atom stereocenters. The summed E-state index contributed by atoms with van der Waals surface area (Å²) in [6, 6.07) is 8.58. The third-order valence-electron chi connectivity index (χ3n) is 1.57. The van der Waals surface area contributed by atoms with Crippen molar-refractivity contribution < 1.29 is 19.1 Å². The molecule has 0 aliphatic heterocycles. The minimum absolute atomic E-state index is 0. The van der Waals surface area contributed by atoms with E-state index in [4.69, 9.17) is 4.74 Å². The Morgan fingerprint density at radius 2 is 1.75 bits per heavy atom. The second kappa shape index (κ2) is 8.33. The first-order valence-corrected chi connectivity index (χ1v) is 4.63. The first-order chi connectivity index (χ1) is 7.22. The van der Waals surface area contributed by atoms with Crippen LogP contribution in [0.25, 0.3) is 0 Å². The van der Waals surface area contributed by atoms with Gasteiger partial charge in [0.1, 0.15) is 12.2 Å². The van der Waals surface area contributed by atoms with Gasteiger partial charge < -0.3 is 9.47 Å². The summed E-state index contributed by atoms with van der Waals surface area (Å²) in [7, 11) is 0. The monoisotopic (exact) mass is 231 g/mol. The molecule has 0 aromatic heterocycles. The Kier molecular flexibility index (Phi) is 7.89. The number of esters is 2. The smallest absolute Gasteiger partial charge is 0.322 e. The van der Waals surface area contributed by atoms with Gasteiger partial charge >= 0.3 is 11.9 Å². The van der Waals surface area contributed by atoms with Gasteiger partial charge in [-0.3, -0.25) is 9.59 Å². The Balaban J connectivity index is 0.00000225. The molecule has 81 valence electrons. The largest absolute Gasteiger partial charge is 0.466 e. The maximum atomic E-state index is 11.2. The number of carbonyl (C=O) groups excluding carboxylic acids is 2. The van der Waals surface area contributed by atoms with Crippen molar-refractivity contribution in [2.24, 2.45) is 0 Å². The van der Waals surface area contributed by atoms with Crippen LogP contribution in [-0.2, 0) is 14.3 Å². The summed E-state index contributed by atoms with van der Waals surface area (Å²) in [5.74, 6) is -0.759. The fraction of sp³-hybridized carbons (Fsp3) is 0.273. The van der Waals surface area contributed by atoms with Gasteiger partial charge in [-0.15, -0.1) is 0 Å². The Bertz CT molecular complexity index is 337. The SMILES string of the molecule is CCOC(=O)CC(=O)Oc1ccccc1.[Na]. The van der Waals surface area contributed by atoms with Crippen molar-refractivity contribution in [3.63, 3.8) is 0 Å². The summed E-state index contributed by atoms with van der Waals surface area (Å²) >= 11 is 0. The second-order valence-corrected chi connectivity index (χ2v) is 2.77. The third kappa shape index (κ3) is 5.90. The molecule has 1 rings (SSSR count). The molecule has 0 saturated heterocycles. The van der Waals surface area contributed by atoms with E-state index in [0.717, 1.165) is 0 Å². The van der Waals surface area contributed by atoms with Crippen LogP contribution in [0.15, 0.2) is 30.3 Å². The molecule has 1 aromatic carbocycles. The van der Waals surface area contributed by atoms with E-state index in [1.165, 1.54) is 0 Å². The van der Waals surface area contributed by atoms with Crippen LogP contribution in [-0.4, -0.2) is 48.1 Å². The standard InChI is InChI=1S/C11H12O4.Na/c1-2-14-10(12)8-11(13)15-9-6-4-3-5-7-9;/h3-7H,2,8H2,1H3;. The molecule has 0 fully saturated rings. The number of carbonyl (C=O) groups is 2. The van der Waals surface area contributed by atoms with Crippen molar-refractivity contribution in [2.75, 3.05) is 6.61 Å². The average molecular weight is 231 g/mol. The molecule has 0 heterocycles. The minimum Gasteiger partial charge on any atom is -0.466 e. The van der Waals surface area contributed by atoms with Gasteiger partial charge in [0.2, 0.25) is 0 Å². The van der Waals surface area contributed by atoms with Crippen molar-refractivity contribution in [1.82, 2.24) is 0 Å². The number of hydrogen-bond acceptors (Lipinski definition) is 4. The van der Waals surface area contributed by atoms with Crippen LogP contribution in [0.1, 0.15) is 13.3 Å². The van der Waals surface area contributed by atoms with Gasteiger partial charge in [-0.05, 0) is 19.1 Å². The van der Waals surface area contributed by atoms with Crippen LogP contribution in [0.2, 0.25) is 0 Å². The normalized spacial score (nSPS) is 8.81. The molecular weight excluding hydrogens is 219 g/mol. The molecule has 1 aromatic rings. The number of rotatable bonds is 4. The van der Waals surface area contributed by atoms with Crippen LogP contribution in [0.5, 0.6) is 5.75 Å². The van der Waals surface area contributed by atoms with Gasteiger partial charge in [-0.2, -0.15) is 0 Å². The average Bonchev–Trinajstić information content (AvgIpc) is 2.19. The molecule has 0 amide bonds. The van der Waals surface area contributed by atoms with Crippen molar-refractivity contribution in [3.8, 4) is 5.75 Å². The molecule has 4 nitrogen and oxygen atoms in total. The number of hydrogen-bond donors (Lipinski definition) is 0. The molecule has 5 heteroatoms. The van der Waals surface area contributed by atoms with E-state index >= 15 is 0 Å². The quantitative estimate of drug-likeness (QED) is 0.338. The van der Waals surface area contributed by atoms with Crippen LogP contribution in [0.4, 0.5) is 0 Å². The Hall–Kier alpha value is -0.840. The van der Waals surface area contributed by atoms with E-state index in [-0.39, 0.29) is 42.6 Å². The van der Waals surface area contributed by atoms with E-state index in [0.29, 0.717) is 5.75 Å². The molecular formula is C11H12NaO4. The fourth-order valence-corrected chi connectivity index (χ4v) is 0.986. The van der Waals surface area contributed by atoms with Crippen LogP contribution < -0.4 is 4.74 Å². The van der Waals surface area contributed by atoms with Crippen molar-refractivity contribution >= 4 is 41.5 Å². The van der Waals surface area contributed by atoms with E-state index < -0.39 is 11.9 Å². The van der Waals surface area contributed by atoms with Crippen molar-refractivity contribution in [2.45, 2.75) is 13.3 Å². The zero-order chi connectivity index (χ0) is 11.1. The minimum atomic E-state index is -0.611. The van der Waals surface area contributed by atoms with Crippen molar-refractivity contribution in [1.29, 1.82) is 0 Å². The van der Waals surface area contributed by atoms with Gasteiger partial charge in [-0.25, -0.2) is 0 Å². The summed E-state index contributed by atoms with van der Waals surface area (Å²) in [5, 5.41) is 0. The first-order valence-electron chi connectivity index (χ1n) is 4.63. The number of ether oxygens (including phenoxy) is 2.